The molecule has 2 aliphatic heterocycles. The lowest BCUT2D eigenvalue weighted by atomic mass is 9.33. The number of para-hydroxylation sites is 6. The van der Waals surface area contributed by atoms with Crippen LogP contribution in [0.25, 0.3) is 144 Å². The van der Waals surface area contributed by atoms with Crippen LogP contribution >= 0.6 is 0 Å². The van der Waals surface area contributed by atoms with Gasteiger partial charge in [0.15, 0.2) is 0 Å². The highest BCUT2D eigenvalue weighted by atomic mass is 15.2. The van der Waals surface area contributed by atoms with Gasteiger partial charge in [-0.1, -0.05) is 303 Å². The molecular formula is C108H78BN5. The van der Waals surface area contributed by atoms with E-state index < -0.39 is 0 Å². The van der Waals surface area contributed by atoms with Crippen molar-refractivity contribution in [2.24, 2.45) is 0 Å². The molecule has 0 amide bonds. The summed E-state index contributed by atoms with van der Waals surface area (Å²) >= 11 is 0. The molecule has 0 N–H and O–H groups in total. The molecule has 0 spiro atoms. The lowest BCUT2D eigenvalue weighted by Gasteiger charge is -2.45. The number of hydrogen-bond donors (Lipinski definition) is 0. The van der Waals surface area contributed by atoms with E-state index in [1.807, 2.05) is 0 Å². The average Bonchev–Trinajstić information content (AvgIpc) is 0.975. The van der Waals surface area contributed by atoms with Gasteiger partial charge in [0.1, 0.15) is 0 Å². The summed E-state index contributed by atoms with van der Waals surface area (Å²) in [6, 6.07) is 150. The zero-order chi connectivity index (χ0) is 75.2. The van der Waals surface area contributed by atoms with Crippen LogP contribution in [0.15, 0.2) is 400 Å². The summed E-state index contributed by atoms with van der Waals surface area (Å²) < 4.78 is 7.43. The molecule has 0 aliphatic carbocycles. The first-order valence-corrected chi connectivity index (χ1v) is 40.2. The molecule has 5 nitrogen and oxygen atoms in total. The van der Waals surface area contributed by atoms with Gasteiger partial charge in [-0.05, 0) is 216 Å². The van der Waals surface area contributed by atoms with E-state index in [1.165, 1.54) is 188 Å². The quantitative estimate of drug-likeness (QED) is 0.0848. The first kappa shape index (κ1) is 66.8. The van der Waals surface area contributed by atoms with Crippen molar-refractivity contribution in [3.63, 3.8) is 0 Å². The molecule has 0 bridgehead atoms. The number of aromatic nitrogens is 3. The van der Waals surface area contributed by atoms with Gasteiger partial charge in [-0.25, -0.2) is 0 Å². The minimum atomic E-state index is -0.132. The van der Waals surface area contributed by atoms with Gasteiger partial charge in [0.25, 0.3) is 6.71 Å². The molecule has 3 aromatic heterocycles. The Labute approximate surface area is 664 Å². The summed E-state index contributed by atoms with van der Waals surface area (Å²) in [7, 11) is 0. The standard InChI is InChI=1S/C108H78BN5/c1-7-29-74(30-8-1)84-45-27-46-85(75-31-9-2-10-32-75)88(84)62-65-111-104-71-80(78-55-59-102-94(69-78)92-43-21-25-51-100(92)113(102)82-37-15-5-16-38-82)53-57-96(104)109-97-58-54-81(79-56-60-103-95(70-79)93-44-22-26-52-101(93)114(103)83-39-17-6-18-40-83)72-105(97)112(66-63-89-86(76-33-11-3-12-34-76)47-28-48-87(89)77-35-13-4-14-36-77)107-68-73(67-106(111)108(107)109)61-64-110-98-49-23-19-41-90(98)91-42-20-24-50-99(91)110/h1-60,67-72H,61-66H2. The van der Waals surface area contributed by atoms with E-state index in [0.717, 1.165) is 37.2 Å². The van der Waals surface area contributed by atoms with Crippen molar-refractivity contribution in [1.29, 1.82) is 0 Å². The highest BCUT2D eigenvalue weighted by Crippen LogP contribution is 2.46. The number of fused-ring (bicyclic) bond motifs is 13. The largest absolute Gasteiger partial charge is 0.342 e. The van der Waals surface area contributed by atoms with Crippen LogP contribution in [0.4, 0.5) is 22.7 Å². The van der Waals surface area contributed by atoms with Gasteiger partial charge >= 0.3 is 0 Å². The van der Waals surface area contributed by atoms with Gasteiger partial charge in [-0.2, -0.15) is 0 Å². The highest BCUT2D eigenvalue weighted by Gasteiger charge is 2.43. The SMILES string of the molecule is c1ccc(-c2cccc(-c3ccccc3)c2CCN2c3cc(-c4ccc5c(c4)c4ccccc4n5-c4ccccc4)ccc3B3c4ccc(-c5ccc6c(c5)c5ccccc5n6-c5ccccc5)cc4N(CCc4c(-c5ccccc5)cccc4-c4ccccc4)c4cc(CCn5c6ccccc6c6ccccc65)cc2c43)cc1. The molecule has 0 saturated heterocycles. The molecule has 2 aliphatic rings. The summed E-state index contributed by atoms with van der Waals surface area (Å²) in [6.07, 6.45) is 2.34. The van der Waals surface area contributed by atoms with Crippen molar-refractivity contribution >= 4 is 111 Å². The molecule has 22 rings (SSSR count). The van der Waals surface area contributed by atoms with Crippen molar-refractivity contribution in [2.45, 2.75) is 25.8 Å². The molecule has 17 aromatic carbocycles. The van der Waals surface area contributed by atoms with Crippen LogP contribution < -0.4 is 26.2 Å². The summed E-state index contributed by atoms with van der Waals surface area (Å²) in [5.74, 6) is 0. The van der Waals surface area contributed by atoms with Crippen molar-refractivity contribution in [3.8, 4) is 78.1 Å². The van der Waals surface area contributed by atoms with Crippen molar-refractivity contribution in [1.82, 2.24) is 13.7 Å². The third kappa shape index (κ3) is 11.3. The second-order valence-electron chi connectivity index (χ2n) is 30.7. The number of aryl methyl sites for hydroxylation is 2. The van der Waals surface area contributed by atoms with Crippen molar-refractivity contribution < 1.29 is 0 Å². The molecule has 538 valence electrons. The third-order valence-electron chi connectivity index (χ3n) is 24.5. The van der Waals surface area contributed by atoms with E-state index in [0.29, 0.717) is 13.1 Å². The van der Waals surface area contributed by atoms with E-state index in [1.54, 1.807) is 0 Å². The molecule has 6 heteroatoms. The van der Waals surface area contributed by atoms with E-state index >= 15 is 0 Å². The maximum atomic E-state index is 2.77. The van der Waals surface area contributed by atoms with E-state index in [-0.39, 0.29) is 6.71 Å². The molecule has 0 saturated carbocycles. The Morgan fingerprint density at radius 1 is 0.211 bits per heavy atom. The van der Waals surface area contributed by atoms with Crippen LogP contribution in [0.1, 0.15) is 16.7 Å². The third-order valence-corrected chi connectivity index (χ3v) is 24.5. The van der Waals surface area contributed by atoms with Crippen LogP contribution in [0, 0.1) is 0 Å². The van der Waals surface area contributed by atoms with E-state index in [9.17, 15) is 0 Å². The number of benzene rings is 17. The van der Waals surface area contributed by atoms with Gasteiger partial charge in [0.05, 0.1) is 22.1 Å². The first-order chi connectivity index (χ1) is 56.6. The second-order valence-corrected chi connectivity index (χ2v) is 30.7. The van der Waals surface area contributed by atoms with Crippen molar-refractivity contribution in [2.75, 3.05) is 22.9 Å². The Morgan fingerprint density at radius 2 is 0.526 bits per heavy atom. The highest BCUT2D eigenvalue weighted by molar-refractivity contribution is 7.00. The van der Waals surface area contributed by atoms with Crippen LogP contribution in [-0.2, 0) is 25.8 Å². The number of rotatable bonds is 17. The molecule has 0 atom stereocenters. The first-order valence-electron chi connectivity index (χ1n) is 40.2. The van der Waals surface area contributed by atoms with E-state index in [2.05, 4.69) is 424 Å². The molecular weight excluding hydrogens is 1380 g/mol. The number of anilines is 4. The second kappa shape index (κ2) is 28.0. The fourth-order valence-corrected chi connectivity index (χ4v) is 19.4. The number of hydrogen-bond acceptors (Lipinski definition) is 2. The minimum Gasteiger partial charge on any atom is -0.342 e. The predicted molar refractivity (Wildman–Crippen MR) is 483 cm³/mol. The van der Waals surface area contributed by atoms with Crippen LogP contribution in [0.2, 0.25) is 0 Å². The number of nitrogens with zero attached hydrogens (tertiary/aromatic N) is 5. The maximum absolute atomic E-state index is 2.77. The van der Waals surface area contributed by atoms with Crippen LogP contribution in [-0.4, -0.2) is 33.5 Å². The Kier molecular flexibility index (Phi) is 16.4. The van der Waals surface area contributed by atoms with Gasteiger partial charge in [-0.3, -0.25) is 0 Å². The summed E-state index contributed by atoms with van der Waals surface area (Å²) in [5.41, 5.74) is 37.1. The summed E-state index contributed by atoms with van der Waals surface area (Å²) in [5, 5.41) is 7.51. The molecule has 114 heavy (non-hydrogen) atoms. The van der Waals surface area contributed by atoms with Gasteiger partial charge in [0.2, 0.25) is 0 Å². The zero-order valence-corrected chi connectivity index (χ0v) is 63.2. The Morgan fingerprint density at radius 3 is 0.912 bits per heavy atom. The normalized spacial score (nSPS) is 12.4. The zero-order valence-electron chi connectivity index (χ0n) is 63.2. The fraction of sp³-hybridized carbons (Fsp3) is 0.0556. The van der Waals surface area contributed by atoms with Crippen LogP contribution in [0.3, 0.4) is 0 Å². The smallest absolute Gasteiger partial charge is 0.252 e. The molecule has 5 heterocycles. The van der Waals surface area contributed by atoms with Gasteiger partial charge in [0, 0.05) is 97.1 Å². The lowest BCUT2D eigenvalue weighted by molar-refractivity contribution is 0.744. The Bertz CT molecular complexity index is 6570. The van der Waals surface area contributed by atoms with Crippen molar-refractivity contribution in [3.05, 3.63) is 417 Å². The molecule has 20 aromatic rings. The topological polar surface area (TPSA) is 21.3 Å². The molecule has 0 radical (unpaired) electrons. The predicted octanol–water partition coefficient (Wildman–Crippen LogP) is 25.1. The van der Waals surface area contributed by atoms with Gasteiger partial charge in [-0.15, -0.1) is 0 Å². The maximum Gasteiger partial charge on any atom is 0.252 e. The van der Waals surface area contributed by atoms with Crippen LogP contribution in [0.5, 0.6) is 0 Å². The Hall–Kier alpha value is -14.2. The average molecular weight is 1460 g/mol. The Balaban J connectivity index is 0.788. The fourth-order valence-electron chi connectivity index (χ4n) is 19.4. The molecule has 0 unspecified atom stereocenters. The van der Waals surface area contributed by atoms with Gasteiger partial charge < -0.3 is 23.5 Å². The van der Waals surface area contributed by atoms with E-state index in [4.69, 9.17) is 0 Å². The minimum absolute atomic E-state index is 0.132. The lowest BCUT2D eigenvalue weighted by Crippen LogP contribution is -2.62. The summed E-state index contributed by atoms with van der Waals surface area (Å²) in [6.45, 7) is 2.07. The molecule has 0 fully saturated rings. The monoisotopic (exact) mass is 1460 g/mol. The summed E-state index contributed by atoms with van der Waals surface area (Å²) in [4.78, 5) is 5.54.